The van der Waals surface area contributed by atoms with Crippen LogP contribution in [0.5, 0.6) is 0 Å². The third-order valence-electron chi connectivity index (χ3n) is 4.11. The van der Waals surface area contributed by atoms with E-state index in [1.807, 2.05) is 47.8 Å². The summed E-state index contributed by atoms with van der Waals surface area (Å²) < 4.78 is 0. The van der Waals surface area contributed by atoms with E-state index in [-0.39, 0.29) is 6.03 Å². The van der Waals surface area contributed by atoms with Crippen LogP contribution in [0, 0.1) is 0 Å². The monoisotopic (exact) mass is 345 g/mol. The minimum atomic E-state index is -0.217. The number of benzene rings is 1. The fourth-order valence-corrected chi connectivity index (χ4v) is 3.85. The summed E-state index contributed by atoms with van der Waals surface area (Å²) in [6.45, 7) is 0. The molecule has 0 saturated heterocycles. The van der Waals surface area contributed by atoms with Crippen LogP contribution < -0.4 is 10.2 Å². The molecule has 7 heteroatoms. The van der Waals surface area contributed by atoms with E-state index in [1.165, 1.54) is 11.3 Å². The first-order valence-electron chi connectivity index (χ1n) is 7.67. The number of carbonyl (C=O) groups excluding carboxylic acids is 1. The molecule has 3 aromatic heterocycles. The van der Waals surface area contributed by atoms with Crippen molar-refractivity contribution in [1.82, 2.24) is 15.2 Å². The molecule has 5 rings (SSSR count). The minimum absolute atomic E-state index is 0.217. The van der Waals surface area contributed by atoms with Crippen molar-refractivity contribution in [1.29, 1.82) is 0 Å². The summed E-state index contributed by atoms with van der Waals surface area (Å²) in [4.78, 5) is 19.6. The third kappa shape index (κ3) is 2.17. The Balaban J connectivity index is 1.68. The lowest BCUT2D eigenvalue weighted by Crippen LogP contribution is -2.33. The first kappa shape index (κ1) is 14.1. The molecule has 0 spiro atoms. The predicted molar refractivity (Wildman–Crippen MR) is 98.2 cm³/mol. The topological polar surface area (TPSA) is 71.0 Å². The van der Waals surface area contributed by atoms with E-state index < -0.39 is 0 Å². The van der Waals surface area contributed by atoms with E-state index in [1.54, 1.807) is 17.3 Å². The molecule has 2 amide bonds. The highest BCUT2D eigenvalue weighted by Crippen LogP contribution is 2.42. The van der Waals surface area contributed by atoms with E-state index in [4.69, 9.17) is 0 Å². The zero-order valence-corrected chi connectivity index (χ0v) is 13.7. The second kappa shape index (κ2) is 5.35. The molecule has 0 atom stereocenters. The van der Waals surface area contributed by atoms with Crippen LogP contribution in [0.15, 0.2) is 60.2 Å². The summed E-state index contributed by atoms with van der Waals surface area (Å²) in [7, 11) is 0. The molecule has 1 aliphatic heterocycles. The Hall–Kier alpha value is -3.32. The van der Waals surface area contributed by atoms with Crippen LogP contribution in [0.1, 0.15) is 0 Å². The van der Waals surface area contributed by atoms with Gasteiger partial charge in [-0.15, -0.1) is 11.3 Å². The highest BCUT2D eigenvalue weighted by atomic mass is 32.1. The molecule has 1 aliphatic rings. The van der Waals surface area contributed by atoms with E-state index in [0.717, 1.165) is 27.2 Å². The van der Waals surface area contributed by atoms with Gasteiger partial charge in [0, 0.05) is 17.1 Å². The van der Waals surface area contributed by atoms with Crippen molar-refractivity contribution in [3.05, 3.63) is 60.2 Å². The number of hydrogen-bond donors (Lipinski definition) is 1. The smallest absolute Gasteiger partial charge is 0.306 e. The van der Waals surface area contributed by atoms with Crippen molar-refractivity contribution < 1.29 is 4.79 Å². The van der Waals surface area contributed by atoms with Crippen molar-refractivity contribution in [2.45, 2.75) is 0 Å². The van der Waals surface area contributed by atoms with Gasteiger partial charge in [-0.05, 0) is 12.1 Å². The Labute approximate surface area is 146 Å². The molecule has 25 heavy (non-hydrogen) atoms. The maximum Gasteiger partial charge on any atom is 0.331 e. The Morgan fingerprint density at radius 1 is 1.12 bits per heavy atom. The number of rotatable bonds is 2. The van der Waals surface area contributed by atoms with Gasteiger partial charge in [-0.3, -0.25) is 4.90 Å². The van der Waals surface area contributed by atoms with Crippen molar-refractivity contribution in [2.75, 3.05) is 10.2 Å². The van der Waals surface area contributed by atoms with Gasteiger partial charge in [0.1, 0.15) is 4.83 Å². The van der Waals surface area contributed by atoms with Crippen molar-refractivity contribution in [2.24, 2.45) is 0 Å². The van der Waals surface area contributed by atoms with Crippen LogP contribution in [0.4, 0.5) is 21.9 Å². The third-order valence-corrected chi connectivity index (χ3v) is 4.99. The maximum absolute atomic E-state index is 12.7. The quantitative estimate of drug-likeness (QED) is 0.583. The number of nitrogens with one attached hydrogen (secondary N) is 1. The van der Waals surface area contributed by atoms with Crippen LogP contribution in [-0.4, -0.2) is 21.2 Å². The lowest BCUT2D eigenvalue weighted by molar-refractivity contribution is 0.259. The molecular weight excluding hydrogens is 334 g/mol. The van der Waals surface area contributed by atoms with Gasteiger partial charge in [-0.1, -0.05) is 30.3 Å². The molecule has 0 saturated carbocycles. The number of pyridine rings is 1. The van der Waals surface area contributed by atoms with Crippen LogP contribution in [0.2, 0.25) is 0 Å². The van der Waals surface area contributed by atoms with E-state index >= 15 is 0 Å². The zero-order chi connectivity index (χ0) is 16.8. The number of nitrogens with zero attached hydrogens (tertiary/aromatic N) is 4. The molecule has 0 aliphatic carbocycles. The molecule has 1 N–H and O–H groups in total. The maximum atomic E-state index is 12.7. The molecule has 0 bridgehead atoms. The summed E-state index contributed by atoms with van der Waals surface area (Å²) >= 11 is 1.51. The van der Waals surface area contributed by atoms with Crippen LogP contribution in [-0.2, 0) is 0 Å². The van der Waals surface area contributed by atoms with Crippen LogP contribution in [0.25, 0.3) is 21.5 Å². The summed E-state index contributed by atoms with van der Waals surface area (Å²) in [6.07, 6.45) is 3.31. The fraction of sp³-hybridized carbons (Fsp3) is 0. The lowest BCUT2D eigenvalue weighted by Gasteiger charge is -2.27. The minimum Gasteiger partial charge on any atom is -0.306 e. The Morgan fingerprint density at radius 3 is 2.88 bits per heavy atom. The first-order chi connectivity index (χ1) is 12.3. The molecule has 6 nitrogen and oxygen atoms in total. The number of amides is 2. The molecule has 4 aromatic rings. The van der Waals surface area contributed by atoms with Gasteiger partial charge in [0.25, 0.3) is 0 Å². The summed E-state index contributed by atoms with van der Waals surface area (Å²) in [5.74, 6) is 0. The van der Waals surface area contributed by atoms with Crippen molar-refractivity contribution in [3.8, 4) is 11.3 Å². The molecule has 0 fully saturated rings. The molecular formula is C18H11N5OS. The Morgan fingerprint density at radius 2 is 2.00 bits per heavy atom. The van der Waals surface area contributed by atoms with Gasteiger partial charge in [0.2, 0.25) is 0 Å². The van der Waals surface area contributed by atoms with Gasteiger partial charge in [0.15, 0.2) is 0 Å². The van der Waals surface area contributed by atoms with Gasteiger partial charge in [0.05, 0.1) is 34.3 Å². The number of aromatic nitrogens is 3. The molecule has 120 valence electrons. The van der Waals surface area contributed by atoms with Gasteiger partial charge in [-0.25, -0.2) is 9.78 Å². The first-order valence-corrected chi connectivity index (χ1v) is 8.55. The van der Waals surface area contributed by atoms with Gasteiger partial charge >= 0.3 is 6.03 Å². The largest absolute Gasteiger partial charge is 0.331 e. The van der Waals surface area contributed by atoms with Crippen LogP contribution in [0.3, 0.4) is 0 Å². The Kier molecular flexibility index (Phi) is 3.01. The number of anilines is 3. The van der Waals surface area contributed by atoms with E-state index in [9.17, 15) is 4.79 Å². The number of hydrogen-bond acceptors (Lipinski definition) is 5. The van der Waals surface area contributed by atoms with Gasteiger partial charge < -0.3 is 5.32 Å². The lowest BCUT2D eigenvalue weighted by atomic mass is 10.1. The average molecular weight is 345 g/mol. The number of carbonyl (C=O) groups is 1. The van der Waals surface area contributed by atoms with Crippen molar-refractivity contribution in [3.63, 3.8) is 0 Å². The number of urea groups is 1. The highest BCUT2D eigenvalue weighted by Gasteiger charge is 2.28. The molecule has 1 aromatic carbocycles. The van der Waals surface area contributed by atoms with E-state index in [2.05, 4.69) is 20.5 Å². The number of thiophene rings is 1. The van der Waals surface area contributed by atoms with E-state index in [0.29, 0.717) is 11.4 Å². The average Bonchev–Trinajstić information content (AvgIpc) is 3.07. The summed E-state index contributed by atoms with van der Waals surface area (Å²) in [5, 5.41) is 14.1. The van der Waals surface area contributed by atoms with Gasteiger partial charge in [-0.2, -0.15) is 10.2 Å². The molecule has 4 heterocycles. The zero-order valence-electron chi connectivity index (χ0n) is 12.9. The highest BCUT2D eigenvalue weighted by molar-refractivity contribution is 7.17. The van der Waals surface area contributed by atoms with Crippen LogP contribution >= 0.6 is 11.3 Å². The normalized spacial score (nSPS) is 13.1. The Bertz CT molecular complexity index is 1110. The molecule has 0 unspecified atom stereocenters. The summed E-state index contributed by atoms with van der Waals surface area (Å²) in [5.41, 5.74) is 3.93. The standard InChI is InChI=1S/C18H11N5OS/c24-18-21-14-10-25-17-16(14)15(6-7-19-17)23(18)12-8-13(22-20-9-12)11-4-2-1-3-5-11/h1-10H,(H,21,24). The second-order valence-electron chi connectivity index (χ2n) is 5.59. The summed E-state index contributed by atoms with van der Waals surface area (Å²) in [6, 6.07) is 13.3. The van der Waals surface area contributed by atoms with Crippen molar-refractivity contribution >= 4 is 44.6 Å². The SMILES string of the molecule is O=C1Nc2csc3nccc(c23)N1c1cnnc(-c2ccccc2)c1. The molecule has 0 radical (unpaired) electrons. The predicted octanol–water partition coefficient (Wildman–Crippen LogP) is 4.44. The fourth-order valence-electron chi connectivity index (χ4n) is 2.99. The second-order valence-corrected chi connectivity index (χ2v) is 6.45.